The van der Waals surface area contributed by atoms with Crippen molar-refractivity contribution in [3.05, 3.63) is 20.8 Å². The quantitative estimate of drug-likeness (QED) is 0.544. The molecule has 4 heteroatoms. The number of rotatable bonds is 0. The number of thiophene rings is 1. The summed E-state index contributed by atoms with van der Waals surface area (Å²) in [6, 6.07) is 1.71. The zero-order valence-corrected chi connectivity index (χ0v) is 6.78. The van der Waals surface area contributed by atoms with Crippen LogP contribution in [-0.2, 0) is 0 Å². The summed E-state index contributed by atoms with van der Waals surface area (Å²) in [7, 11) is 5.18. The molecular formula is C4H2Cl3S+. The lowest BCUT2D eigenvalue weighted by molar-refractivity contribution is 2.01. The predicted molar refractivity (Wildman–Crippen MR) is 40.2 cm³/mol. The Labute approximate surface area is 64.5 Å². The first-order chi connectivity index (χ1) is 3.72. The minimum Gasteiger partial charge on any atom is -0.0770 e. The molecule has 1 atom stereocenters. The van der Waals surface area contributed by atoms with Gasteiger partial charge in [-0.2, -0.15) is 0 Å². The summed E-state index contributed by atoms with van der Waals surface area (Å²) in [6.07, 6.45) is 0. The number of halogens is 3. The molecule has 0 N–H and O–H groups in total. The second-order valence-electron chi connectivity index (χ2n) is 1.21. The SMILES string of the molecule is Clc1cc[s+](Cl)c1Cl. The van der Waals surface area contributed by atoms with Crippen molar-refractivity contribution in [1.82, 2.24) is 0 Å². The van der Waals surface area contributed by atoms with Crippen LogP contribution in [-0.4, -0.2) is 0 Å². The maximum atomic E-state index is 5.62. The van der Waals surface area contributed by atoms with E-state index in [9.17, 15) is 0 Å². The smallest absolute Gasteiger partial charge is 0.0770 e. The molecule has 1 heterocycles. The Morgan fingerprint density at radius 3 is 2.12 bits per heavy atom. The van der Waals surface area contributed by atoms with E-state index in [2.05, 4.69) is 0 Å². The highest BCUT2D eigenvalue weighted by Gasteiger charge is 2.13. The van der Waals surface area contributed by atoms with E-state index in [-0.39, 0.29) is 0 Å². The van der Waals surface area contributed by atoms with Gasteiger partial charge in [0.2, 0.25) is 10.7 Å². The summed E-state index contributed by atoms with van der Waals surface area (Å²) < 4.78 is 0.549. The first kappa shape index (κ1) is 6.69. The first-order valence-electron chi connectivity index (χ1n) is 1.84. The van der Waals surface area contributed by atoms with E-state index in [1.54, 1.807) is 11.4 Å². The highest BCUT2D eigenvalue weighted by Crippen LogP contribution is 2.39. The van der Waals surface area contributed by atoms with Gasteiger partial charge in [-0.05, 0) is 11.6 Å². The molecule has 0 amide bonds. The van der Waals surface area contributed by atoms with Gasteiger partial charge in [0.1, 0.15) is 14.7 Å². The van der Waals surface area contributed by atoms with E-state index in [0.717, 1.165) is 0 Å². The predicted octanol–water partition coefficient (Wildman–Crippen LogP) is 3.74. The molecule has 44 valence electrons. The van der Waals surface area contributed by atoms with Crippen molar-refractivity contribution in [2.45, 2.75) is 0 Å². The van der Waals surface area contributed by atoms with Gasteiger partial charge >= 0.3 is 0 Å². The van der Waals surface area contributed by atoms with E-state index in [1.807, 2.05) is 0 Å². The van der Waals surface area contributed by atoms with Crippen molar-refractivity contribution < 1.29 is 0 Å². The van der Waals surface area contributed by atoms with Crippen LogP contribution in [0.2, 0.25) is 9.36 Å². The minimum absolute atomic E-state index is 0.443. The molecule has 0 aliphatic rings. The summed E-state index contributed by atoms with van der Waals surface area (Å²) in [5.74, 6) is 0. The van der Waals surface area contributed by atoms with Crippen molar-refractivity contribution in [2.24, 2.45) is 0 Å². The van der Waals surface area contributed by atoms with Gasteiger partial charge in [-0.15, -0.1) is 0 Å². The van der Waals surface area contributed by atoms with Gasteiger partial charge < -0.3 is 0 Å². The monoisotopic (exact) mass is 187 g/mol. The molecule has 0 radical (unpaired) electrons. The fourth-order valence-electron chi connectivity index (χ4n) is 0.338. The second kappa shape index (κ2) is 2.44. The van der Waals surface area contributed by atoms with Crippen molar-refractivity contribution in [3.63, 3.8) is 0 Å². The molecule has 0 aliphatic carbocycles. The molecule has 0 spiro atoms. The summed E-state index contributed by atoms with van der Waals surface area (Å²) in [5, 5.41) is 2.33. The topological polar surface area (TPSA) is 0 Å². The molecule has 0 saturated carbocycles. The fraction of sp³-hybridized carbons (Fsp3) is 0. The first-order valence-corrected chi connectivity index (χ1v) is 4.71. The Morgan fingerprint density at radius 1 is 1.38 bits per heavy atom. The summed E-state index contributed by atoms with van der Waals surface area (Å²) in [5.41, 5.74) is 0. The number of hydrogen-bond donors (Lipinski definition) is 0. The minimum atomic E-state index is -0.443. The fourth-order valence-corrected chi connectivity index (χ4v) is 2.09. The zero-order valence-electron chi connectivity index (χ0n) is 3.70. The molecule has 0 saturated heterocycles. The average Bonchev–Trinajstić information content (AvgIpc) is 1.98. The van der Waals surface area contributed by atoms with Crippen LogP contribution in [0.15, 0.2) is 11.4 Å². The molecule has 0 nitrogen and oxygen atoms in total. The summed E-state index contributed by atoms with van der Waals surface area (Å²) in [4.78, 5) is 0. The van der Waals surface area contributed by atoms with Crippen LogP contribution in [0.5, 0.6) is 0 Å². The summed E-state index contributed by atoms with van der Waals surface area (Å²) in [6.45, 7) is 0. The largest absolute Gasteiger partial charge is 0.279 e. The lowest BCUT2D eigenvalue weighted by Crippen LogP contribution is -1.45. The molecule has 8 heavy (non-hydrogen) atoms. The molecule has 0 bridgehead atoms. The van der Waals surface area contributed by atoms with Gasteiger partial charge in [0.05, 0.1) is 0 Å². The van der Waals surface area contributed by atoms with Crippen LogP contribution in [0, 0.1) is 0 Å². The zero-order chi connectivity index (χ0) is 6.15. The van der Waals surface area contributed by atoms with Gasteiger partial charge in [-0.3, -0.25) is 0 Å². The molecular weight excluding hydrogens is 186 g/mol. The van der Waals surface area contributed by atoms with Crippen LogP contribution < -0.4 is 0 Å². The van der Waals surface area contributed by atoms with Crippen molar-refractivity contribution in [2.75, 3.05) is 0 Å². The third-order valence-electron chi connectivity index (χ3n) is 0.693. The molecule has 1 rings (SSSR count). The van der Waals surface area contributed by atoms with Crippen molar-refractivity contribution in [1.29, 1.82) is 0 Å². The van der Waals surface area contributed by atoms with E-state index in [4.69, 9.17) is 33.9 Å². The van der Waals surface area contributed by atoms with Gasteiger partial charge in [0, 0.05) is 6.07 Å². The lowest BCUT2D eigenvalue weighted by atomic mass is 10.7. The Balaban J connectivity index is 3.19. The van der Waals surface area contributed by atoms with Gasteiger partial charge in [-0.25, -0.2) is 0 Å². The maximum absolute atomic E-state index is 5.62. The molecule has 1 aromatic rings. The molecule has 0 aromatic carbocycles. The second-order valence-corrected chi connectivity index (χ2v) is 4.46. The highest BCUT2D eigenvalue weighted by atomic mass is 35.7. The van der Waals surface area contributed by atoms with E-state index >= 15 is 0 Å². The Kier molecular flexibility index (Phi) is 2.04. The highest BCUT2D eigenvalue weighted by molar-refractivity contribution is 7.63. The normalized spacial score (nSPS) is 12.1. The van der Waals surface area contributed by atoms with Crippen LogP contribution in [0.3, 0.4) is 0 Å². The van der Waals surface area contributed by atoms with E-state index in [0.29, 0.717) is 9.36 Å². The molecule has 0 fully saturated rings. The Hall–Kier alpha value is 0.570. The molecule has 1 aromatic heterocycles. The van der Waals surface area contributed by atoms with Crippen LogP contribution >= 0.6 is 43.6 Å². The van der Waals surface area contributed by atoms with E-state index in [1.165, 1.54) is 0 Å². The standard InChI is InChI=1S/C4H2Cl3S/c5-3-1-2-8(7)4(3)6/h1-2H/q+1. The average molecular weight is 188 g/mol. The van der Waals surface area contributed by atoms with Crippen LogP contribution in [0.1, 0.15) is 0 Å². The third-order valence-corrected chi connectivity index (χ3v) is 3.86. The molecule has 1 unspecified atom stereocenters. The van der Waals surface area contributed by atoms with Gasteiger partial charge in [0.15, 0.2) is 5.38 Å². The lowest BCUT2D eigenvalue weighted by Gasteiger charge is -1.69. The third kappa shape index (κ3) is 1.11. The van der Waals surface area contributed by atoms with Gasteiger partial charge in [0.25, 0.3) is 4.34 Å². The van der Waals surface area contributed by atoms with Gasteiger partial charge in [-0.1, -0.05) is 11.6 Å². The Morgan fingerprint density at radius 2 is 2.00 bits per heavy atom. The Bertz CT molecular complexity index is 174. The van der Waals surface area contributed by atoms with E-state index < -0.39 is 9.68 Å². The maximum Gasteiger partial charge on any atom is 0.279 e. The van der Waals surface area contributed by atoms with Crippen LogP contribution in [0.4, 0.5) is 0 Å². The van der Waals surface area contributed by atoms with Crippen molar-refractivity contribution in [3.8, 4) is 0 Å². The number of hydrogen-bond acceptors (Lipinski definition) is 0. The molecule has 0 aliphatic heterocycles. The summed E-state index contributed by atoms with van der Waals surface area (Å²) >= 11 is 11.1. The van der Waals surface area contributed by atoms with Crippen LogP contribution in [0.25, 0.3) is 0 Å². The van der Waals surface area contributed by atoms with Crippen molar-refractivity contribution >= 4 is 43.6 Å².